The summed E-state index contributed by atoms with van der Waals surface area (Å²) in [5, 5.41) is 9.25. The van der Waals surface area contributed by atoms with E-state index in [1.165, 1.54) is 19.3 Å². The lowest BCUT2D eigenvalue weighted by molar-refractivity contribution is -0.131. The summed E-state index contributed by atoms with van der Waals surface area (Å²) in [5.74, 6) is 2.60. The lowest BCUT2D eigenvalue weighted by Crippen LogP contribution is -2.48. The number of carbonyl (C=O) groups excluding carboxylic acids is 1. The Balaban J connectivity index is 1.90. The van der Waals surface area contributed by atoms with Crippen LogP contribution in [0.4, 0.5) is 0 Å². The fourth-order valence-electron chi connectivity index (χ4n) is 5.56. The average Bonchev–Trinajstić information content (AvgIpc) is 2.74. The highest BCUT2D eigenvalue weighted by atomic mass is 16.2. The van der Waals surface area contributed by atoms with E-state index in [9.17, 15) is 9.90 Å². The fourth-order valence-corrected chi connectivity index (χ4v) is 5.56. The van der Waals surface area contributed by atoms with Crippen molar-refractivity contribution in [2.45, 2.75) is 32.1 Å². The van der Waals surface area contributed by atoms with Gasteiger partial charge in [-0.2, -0.15) is 0 Å². The normalized spacial score (nSPS) is 58.1. The molecule has 4 fully saturated rings. The number of allylic oxidation sites excluding steroid dienone is 1. The topological polar surface area (TPSA) is 37.3 Å². The van der Waals surface area contributed by atoms with E-state index in [0.29, 0.717) is 17.3 Å². The van der Waals surface area contributed by atoms with Crippen LogP contribution in [0.25, 0.3) is 0 Å². The molecular formula is C13H16O2. The molecule has 2 nitrogen and oxygen atoms in total. The zero-order chi connectivity index (χ0) is 10.2. The molecule has 0 aromatic heterocycles. The van der Waals surface area contributed by atoms with Crippen molar-refractivity contribution in [3.05, 3.63) is 11.8 Å². The first kappa shape index (κ1) is 8.37. The molecule has 0 aliphatic heterocycles. The number of hydrogen-bond donors (Lipinski definition) is 1. The Morgan fingerprint density at radius 1 is 1.13 bits per heavy atom. The van der Waals surface area contributed by atoms with E-state index in [0.717, 1.165) is 36.5 Å². The Morgan fingerprint density at radius 3 is 2.67 bits per heavy atom. The molecule has 5 atom stereocenters. The summed E-state index contributed by atoms with van der Waals surface area (Å²) in [7, 11) is 0. The third kappa shape index (κ3) is 0.633. The van der Waals surface area contributed by atoms with Crippen LogP contribution in [-0.4, -0.2) is 10.9 Å². The van der Waals surface area contributed by atoms with Gasteiger partial charge in [-0.25, -0.2) is 0 Å². The Bertz CT molecular complexity index is 384. The molecule has 4 rings (SSSR count). The van der Waals surface area contributed by atoms with Gasteiger partial charge in [-0.3, -0.25) is 4.79 Å². The maximum Gasteiger partial charge on any atom is 0.165 e. The van der Waals surface area contributed by atoms with E-state index in [4.69, 9.17) is 0 Å². The number of aliphatic hydroxyl groups is 1. The lowest BCUT2D eigenvalue weighted by atomic mass is 9.52. The summed E-state index contributed by atoms with van der Waals surface area (Å²) >= 11 is 0. The third-order valence-corrected chi connectivity index (χ3v) is 5.92. The van der Waals surface area contributed by atoms with E-state index in [2.05, 4.69) is 0 Å². The molecule has 1 spiro atoms. The van der Waals surface area contributed by atoms with Crippen molar-refractivity contribution in [1.29, 1.82) is 0 Å². The minimum Gasteiger partial charge on any atom is -0.515 e. The number of aliphatic hydroxyl groups excluding tert-OH is 1. The van der Waals surface area contributed by atoms with Crippen LogP contribution in [0.3, 0.4) is 0 Å². The Kier molecular flexibility index (Phi) is 1.29. The van der Waals surface area contributed by atoms with E-state index < -0.39 is 0 Å². The van der Waals surface area contributed by atoms with Gasteiger partial charge in [0.25, 0.3) is 0 Å². The van der Waals surface area contributed by atoms with Gasteiger partial charge in [-0.1, -0.05) is 0 Å². The van der Waals surface area contributed by atoms with Crippen LogP contribution in [0, 0.1) is 29.1 Å². The molecule has 5 unspecified atom stereocenters. The second-order valence-corrected chi connectivity index (χ2v) is 5.84. The van der Waals surface area contributed by atoms with Gasteiger partial charge >= 0.3 is 0 Å². The van der Waals surface area contributed by atoms with Gasteiger partial charge in [0.15, 0.2) is 5.78 Å². The predicted octanol–water partition coefficient (Wildman–Crippen LogP) is 2.45. The maximum absolute atomic E-state index is 12.1. The quantitative estimate of drug-likeness (QED) is 0.486. The molecule has 4 aliphatic rings. The monoisotopic (exact) mass is 204 g/mol. The standard InChI is InChI=1S/C13H16O2/c14-6-9-10-4-3-7-1-2-8-5-11(12(9)15)13(7,8)10/h6-8,10-11,14H,1-5H2/b9-6-. The van der Waals surface area contributed by atoms with E-state index >= 15 is 0 Å². The molecule has 0 saturated heterocycles. The molecule has 80 valence electrons. The van der Waals surface area contributed by atoms with Crippen LogP contribution in [0.1, 0.15) is 32.1 Å². The summed E-state index contributed by atoms with van der Waals surface area (Å²) in [6.45, 7) is 0. The molecule has 1 N–H and O–H groups in total. The van der Waals surface area contributed by atoms with Gasteiger partial charge in [0.2, 0.25) is 0 Å². The van der Waals surface area contributed by atoms with Crippen LogP contribution < -0.4 is 0 Å². The molecule has 15 heavy (non-hydrogen) atoms. The van der Waals surface area contributed by atoms with E-state index in [-0.39, 0.29) is 5.78 Å². The third-order valence-electron chi connectivity index (χ3n) is 5.92. The van der Waals surface area contributed by atoms with Gasteiger partial charge in [0, 0.05) is 11.5 Å². The van der Waals surface area contributed by atoms with Crippen LogP contribution in [-0.2, 0) is 4.79 Å². The van der Waals surface area contributed by atoms with Crippen LogP contribution >= 0.6 is 0 Å². The molecule has 4 saturated carbocycles. The molecule has 4 aliphatic carbocycles. The minimum absolute atomic E-state index is 0.283. The summed E-state index contributed by atoms with van der Waals surface area (Å²) in [6, 6.07) is 0. The van der Waals surface area contributed by atoms with Gasteiger partial charge in [0.05, 0.1) is 6.26 Å². The molecule has 0 amide bonds. The van der Waals surface area contributed by atoms with Crippen molar-refractivity contribution in [2.75, 3.05) is 0 Å². The van der Waals surface area contributed by atoms with Crippen molar-refractivity contribution in [3.63, 3.8) is 0 Å². The van der Waals surface area contributed by atoms with Gasteiger partial charge in [0.1, 0.15) is 0 Å². The predicted molar refractivity (Wildman–Crippen MR) is 55.2 cm³/mol. The zero-order valence-electron chi connectivity index (χ0n) is 8.78. The number of Topliss-reactive ketones (excluding diaryl/α,β-unsaturated/α-hetero) is 1. The van der Waals surface area contributed by atoms with Crippen molar-refractivity contribution in [1.82, 2.24) is 0 Å². The summed E-state index contributed by atoms with van der Waals surface area (Å²) in [4.78, 5) is 12.1. The largest absolute Gasteiger partial charge is 0.515 e. The van der Waals surface area contributed by atoms with Crippen molar-refractivity contribution in [3.8, 4) is 0 Å². The molecule has 0 aromatic carbocycles. The first-order valence-electron chi connectivity index (χ1n) is 6.18. The molecule has 0 radical (unpaired) electrons. The van der Waals surface area contributed by atoms with E-state index in [1.807, 2.05) is 0 Å². The maximum atomic E-state index is 12.1. The fraction of sp³-hybridized carbons (Fsp3) is 0.769. The van der Waals surface area contributed by atoms with Gasteiger partial charge in [-0.05, 0) is 55.3 Å². The smallest absolute Gasteiger partial charge is 0.165 e. The van der Waals surface area contributed by atoms with Crippen molar-refractivity contribution in [2.24, 2.45) is 29.1 Å². The van der Waals surface area contributed by atoms with Gasteiger partial charge in [-0.15, -0.1) is 0 Å². The lowest BCUT2D eigenvalue weighted by Gasteiger charge is -2.50. The zero-order valence-corrected chi connectivity index (χ0v) is 8.78. The Hall–Kier alpha value is -0.790. The number of ketones is 1. The second-order valence-electron chi connectivity index (χ2n) is 5.84. The number of carbonyl (C=O) groups is 1. The summed E-state index contributed by atoms with van der Waals surface area (Å²) < 4.78 is 0. The summed E-state index contributed by atoms with van der Waals surface area (Å²) in [5.41, 5.74) is 1.11. The minimum atomic E-state index is 0.283. The molecule has 0 heterocycles. The van der Waals surface area contributed by atoms with Gasteiger partial charge < -0.3 is 5.11 Å². The van der Waals surface area contributed by atoms with Crippen molar-refractivity contribution >= 4 is 5.78 Å². The van der Waals surface area contributed by atoms with Crippen LogP contribution in [0.5, 0.6) is 0 Å². The first-order valence-corrected chi connectivity index (χ1v) is 6.18. The highest BCUT2D eigenvalue weighted by molar-refractivity contribution is 6.02. The van der Waals surface area contributed by atoms with Crippen LogP contribution in [0.2, 0.25) is 0 Å². The molecule has 0 aromatic rings. The second kappa shape index (κ2) is 2.31. The number of rotatable bonds is 0. The van der Waals surface area contributed by atoms with Crippen LogP contribution in [0.15, 0.2) is 11.8 Å². The van der Waals surface area contributed by atoms with E-state index in [1.54, 1.807) is 0 Å². The van der Waals surface area contributed by atoms with Crippen molar-refractivity contribution < 1.29 is 9.90 Å². The number of hydrogen-bond acceptors (Lipinski definition) is 2. The molecule has 0 bridgehead atoms. The average molecular weight is 204 g/mol. The molecule has 2 heteroatoms. The SMILES string of the molecule is O=C1/C(=C\O)C2CCC3CCC4CC1C342. The Morgan fingerprint density at radius 2 is 1.87 bits per heavy atom. The Labute approximate surface area is 89.4 Å². The highest BCUT2D eigenvalue weighted by Crippen LogP contribution is 2.77. The molecular weight excluding hydrogens is 188 g/mol. The first-order chi connectivity index (χ1) is 7.30. The summed E-state index contributed by atoms with van der Waals surface area (Å²) in [6.07, 6.45) is 7.35. The highest BCUT2D eigenvalue weighted by Gasteiger charge is 2.74.